The fraction of sp³-hybridized carbons (Fsp3) is 0.467. The van der Waals surface area contributed by atoms with Crippen molar-refractivity contribution in [3.05, 3.63) is 74.3 Å². The monoisotopic (exact) mass is 549 g/mol. The highest BCUT2D eigenvalue weighted by Gasteiger charge is 2.30. The van der Waals surface area contributed by atoms with Crippen LogP contribution in [-0.2, 0) is 19.6 Å². The van der Waals surface area contributed by atoms with Gasteiger partial charge in [-0.1, -0.05) is 26.0 Å². The van der Waals surface area contributed by atoms with Crippen LogP contribution < -0.4 is 16.0 Å². The van der Waals surface area contributed by atoms with Gasteiger partial charge in [-0.15, -0.1) is 0 Å². The Balaban J connectivity index is 1.66. The molecule has 10 heteroatoms. The smallest absolute Gasteiger partial charge is 0.332 e. The third-order valence-corrected chi connectivity index (χ3v) is 8.05. The minimum absolute atomic E-state index is 0.0895. The highest BCUT2D eigenvalue weighted by Crippen LogP contribution is 2.34. The van der Waals surface area contributed by atoms with E-state index in [0.717, 1.165) is 23.0 Å². The number of aliphatic hydroxyl groups is 1. The number of aliphatic hydroxyl groups excluding tert-OH is 1. The first-order valence-electron chi connectivity index (χ1n) is 14.0. The summed E-state index contributed by atoms with van der Waals surface area (Å²) < 4.78 is 24.3. The zero-order chi connectivity index (χ0) is 28.6. The Hall–Kier alpha value is -3.79. The van der Waals surface area contributed by atoms with Gasteiger partial charge in [0.2, 0.25) is 5.88 Å². The molecule has 0 spiro atoms. The van der Waals surface area contributed by atoms with Gasteiger partial charge in [-0.3, -0.25) is 13.9 Å². The molecule has 0 saturated heterocycles. The Morgan fingerprint density at radius 2 is 1.70 bits per heavy atom. The highest BCUT2D eigenvalue weighted by atomic mass is 19.1. The van der Waals surface area contributed by atoms with Crippen LogP contribution in [-0.4, -0.2) is 41.5 Å². The van der Waals surface area contributed by atoms with E-state index in [1.165, 1.54) is 16.7 Å². The molecule has 3 atom stereocenters. The van der Waals surface area contributed by atoms with E-state index in [4.69, 9.17) is 14.7 Å². The average molecular weight is 550 g/mol. The Morgan fingerprint density at radius 1 is 1.00 bits per heavy atom. The molecule has 1 aromatic carbocycles. The largest absolute Gasteiger partial charge is 0.474 e. The van der Waals surface area contributed by atoms with Gasteiger partial charge in [0.05, 0.1) is 5.69 Å². The van der Waals surface area contributed by atoms with Gasteiger partial charge < -0.3 is 14.4 Å². The minimum Gasteiger partial charge on any atom is -0.474 e. The normalized spacial score (nSPS) is 19.0. The number of aryl methyl sites for hydroxylation is 2. The SMILES string of the molecule is CCn1c(=O)n(CCCO)c(=O)c2c1nc(-c1ccc(OC3C[C@@H](C)[C@@H](C)C3)nc1C)n2Cc1ccc(F)cc1. The molecule has 1 N–H and O–H groups in total. The summed E-state index contributed by atoms with van der Waals surface area (Å²) in [7, 11) is 0. The first-order chi connectivity index (χ1) is 19.2. The second-order valence-electron chi connectivity index (χ2n) is 10.8. The molecule has 212 valence electrons. The molecule has 1 aliphatic carbocycles. The van der Waals surface area contributed by atoms with E-state index in [2.05, 4.69) is 13.8 Å². The van der Waals surface area contributed by atoms with Crippen molar-refractivity contribution in [1.82, 2.24) is 23.7 Å². The van der Waals surface area contributed by atoms with Gasteiger partial charge in [-0.05, 0) is 68.7 Å². The van der Waals surface area contributed by atoms with Crippen molar-refractivity contribution < 1.29 is 14.2 Å². The second kappa shape index (κ2) is 11.4. The molecule has 1 saturated carbocycles. The molecule has 3 heterocycles. The van der Waals surface area contributed by atoms with Crippen LogP contribution in [0.5, 0.6) is 5.88 Å². The van der Waals surface area contributed by atoms with E-state index in [0.29, 0.717) is 41.3 Å². The molecular formula is C30H36FN5O4. The first kappa shape index (κ1) is 27.8. The van der Waals surface area contributed by atoms with Crippen molar-refractivity contribution in [2.24, 2.45) is 11.8 Å². The maximum Gasteiger partial charge on any atom is 0.332 e. The fourth-order valence-corrected chi connectivity index (χ4v) is 5.63. The molecule has 0 amide bonds. The molecular weight excluding hydrogens is 513 g/mol. The second-order valence-corrected chi connectivity index (χ2v) is 10.8. The lowest BCUT2D eigenvalue weighted by molar-refractivity contribution is 0.194. The van der Waals surface area contributed by atoms with Crippen LogP contribution >= 0.6 is 0 Å². The molecule has 1 unspecified atom stereocenters. The molecule has 9 nitrogen and oxygen atoms in total. The summed E-state index contributed by atoms with van der Waals surface area (Å²) in [5, 5.41) is 9.35. The van der Waals surface area contributed by atoms with Crippen LogP contribution in [0.1, 0.15) is 51.3 Å². The van der Waals surface area contributed by atoms with E-state index in [-0.39, 0.29) is 49.2 Å². The van der Waals surface area contributed by atoms with Crippen molar-refractivity contribution in [2.75, 3.05) is 6.61 Å². The number of rotatable bonds is 9. The summed E-state index contributed by atoms with van der Waals surface area (Å²) in [6.07, 6.45) is 2.39. The molecule has 0 bridgehead atoms. The van der Waals surface area contributed by atoms with Gasteiger partial charge in [0.1, 0.15) is 17.7 Å². The standard InChI is InChI=1S/C30H36FN5O4/c1-5-34-28-26(29(38)35(30(34)39)13-6-14-37)36(17-21-7-9-22(31)10-8-21)27(33-28)24-11-12-25(32-20(24)4)40-23-15-18(2)19(3)16-23/h7-12,18-19,23,37H,5-6,13-17H2,1-4H3/t18-,19+,23?. The highest BCUT2D eigenvalue weighted by molar-refractivity contribution is 5.78. The van der Waals surface area contributed by atoms with Gasteiger partial charge in [0.25, 0.3) is 5.56 Å². The van der Waals surface area contributed by atoms with E-state index in [9.17, 15) is 19.1 Å². The lowest BCUT2D eigenvalue weighted by Gasteiger charge is -2.15. The van der Waals surface area contributed by atoms with Crippen LogP contribution in [0.2, 0.25) is 0 Å². The van der Waals surface area contributed by atoms with Gasteiger partial charge >= 0.3 is 5.69 Å². The summed E-state index contributed by atoms with van der Waals surface area (Å²) in [5.74, 6) is 1.89. The lowest BCUT2D eigenvalue weighted by atomic mass is 10.0. The van der Waals surface area contributed by atoms with Gasteiger partial charge in [0.15, 0.2) is 11.2 Å². The van der Waals surface area contributed by atoms with Crippen molar-refractivity contribution in [1.29, 1.82) is 0 Å². The van der Waals surface area contributed by atoms with E-state index in [1.807, 2.05) is 26.0 Å². The Morgan fingerprint density at radius 3 is 2.33 bits per heavy atom. The molecule has 4 aromatic rings. The third-order valence-electron chi connectivity index (χ3n) is 8.05. The molecule has 1 fully saturated rings. The summed E-state index contributed by atoms with van der Waals surface area (Å²) in [6, 6.07) is 9.79. The Kier molecular flexibility index (Phi) is 7.89. The topological polar surface area (TPSA) is 104 Å². The van der Waals surface area contributed by atoms with Gasteiger partial charge in [0, 0.05) is 37.9 Å². The number of halogens is 1. The zero-order valence-corrected chi connectivity index (χ0v) is 23.4. The van der Waals surface area contributed by atoms with Gasteiger partial charge in [-0.2, -0.15) is 0 Å². The molecule has 1 aliphatic rings. The number of hydrogen-bond acceptors (Lipinski definition) is 6. The summed E-state index contributed by atoms with van der Waals surface area (Å²) in [4.78, 5) is 36.5. The zero-order valence-electron chi connectivity index (χ0n) is 23.4. The quantitative estimate of drug-likeness (QED) is 0.337. The summed E-state index contributed by atoms with van der Waals surface area (Å²) in [6.45, 7) is 8.67. The van der Waals surface area contributed by atoms with Crippen LogP contribution in [0.4, 0.5) is 4.39 Å². The van der Waals surface area contributed by atoms with Crippen LogP contribution in [0.25, 0.3) is 22.6 Å². The summed E-state index contributed by atoms with van der Waals surface area (Å²) in [5.41, 5.74) is 1.76. The number of pyridine rings is 1. The number of hydrogen-bond donors (Lipinski definition) is 1. The fourth-order valence-electron chi connectivity index (χ4n) is 5.63. The number of benzene rings is 1. The van der Waals surface area contributed by atoms with E-state index in [1.54, 1.807) is 16.7 Å². The first-order valence-corrected chi connectivity index (χ1v) is 14.0. The van der Waals surface area contributed by atoms with Crippen LogP contribution in [0, 0.1) is 24.6 Å². The molecule has 3 aromatic heterocycles. The lowest BCUT2D eigenvalue weighted by Crippen LogP contribution is -2.40. The number of ether oxygens (including phenoxy) is 1. The minimum atomic E-state index is -0.478. The maximum atomic E-state index is 13.7. The predicted molar refractivity (Wildman–Crippen MR) is 151 cm³/mol. The van der Waals surface area contributed by atoms with Crippen molar-refractivity contribution in [3.8, 4) is 17.3 Å². The van der Waals surface area contributed by atoms with Crippen molar-refractivity contribution >= 4 is 11.2 Å². The van der Waals surface area contributed by atoms with E-state index < -0.39 is 11.2 Å². The number of nitrogens with zero attached hydrogens (tertiary/aromatic N) is 5. The van der Waals surface area contributed by atoms with Crippen molar-refractivity contribution in [2.45, 2.75) is 72.7 Å². The molecule has 0 radical (unpaired) electrons. The average Bonchev–Trinajstić information content (AvgIpc) is 3.44. The number of aromatic nitrogens is 5. The van der Waals surface area contributed by atoms with Crippen LogP contribution in [0.15, 0.2) is 46.0 Å². The molecule has 40 heavy (non-hydrogen) atoms. The number of imidazole rings is 1. The molecule has 5 rings (SSSR count). The van der Waals surface area contributed by atoms with Crippen LogP contribution in [0.3, 0.4) is 0 Å². The van der Waals surface area contributed by atoms with Gasteiger partial charge in [-0.25, -0.2) is 19.2 Å². The molecule has 0 aliphatic heterocycles. The predicted octanol–water partition coefficient (Wildman–Crippen LogP) is 4.13. The van der Waals surface area contributed by atoms with E-state index >= 15 is 0 Å². The van der Waals surface area contributed by atoms with Crippen molar-refractivity contribution in [3.63, 3.8) is 0 Å². The Labute approximate surface area is 231 Å². The maximum absolute atomic E-state index is 13.7. The Bertz CT molecular complexity index is 1630. The third kappa shape index (κ3) is 5.20. The summed E-state index contributed by atoms with van der Waals surface area (Å²) >= 11 is 0. The number of fused-ring (bicyclic) bond motifs is 1.